The number of nitrogens with one attached hydrogen (secondary N) is 1. The van der Waals surface area contributed by atoms with E-state index in [4.69, 9.17) is 17.3 Å². The van der Waals surface area contributed by atoms with Crippen LogP contribution in [0.15, 0.2) is 18.6 Å². The Hall–Kier alpha value is -2.02. The van der Waals surface area contributed by atoms with Crippen molar-refractivity contribution in [2.24, 2.45) is 7.05 Å². The molecule has 2 aromatic rings. The summed E-state index contributed by atoms with van der Waals surface area (Å²) < 4.78 is 3.19. The lowest BCUT2D eigenvalue weighted by Crippen LogP contribution is -2.28. The molecule has 0 saturated heterocycles. The third-order valence-corrected chi connectivity index (χ3v) is 2.83. The summed E-state index contributed by atoms with van der Waals surface area (Å²) in [6.45, 7) is 1.22. The molecule has 0 aliphatic carbocycles. The van der Waals surface area contributed by atoms with Crippen LogP contribution in [0.3, 0.4) is 0 Å². The van der Waals surface area contributed by atoms with Crippen LogP contribution in [-0.4, -0.2) is 32.0 Å². The van der Waals surface area contributed by atoms with Crippen LogP contribution in [0.5, 0.6) is 0 Å². The molecule has 0 aromatic carbocycles. The van der Waals surface area contributed by atoms with Gasteiger partial charge in [-0.25, -0.2) is 0 Å². The zero-order valence-electron chi connectivity index (χ0n) is 10.5. The Bertz CT molecular complexity index is 556. The fourth-order valence-electron chi connectivity index (χ4n) is 1.72. The number of carbonyl (C=O) groups excluding carboxylic acids is 1. The molecule has 0 aliphatic rings. The number of anilines is 1. The summed E-state index contributed by atoms with van der Waals surface area (Å²) in [6, 6.07) is 0. The number of nitrogen functional groups attached to an aromatic ring is 1. The highest BCUT2D eigenvalue weighted by Crippen LogP contribution is 2.08. The maximum atomic E-state index is 11.9. The van der Waals surface area contributed by atoms with E-state index in [1.54, 1.807) is 24.1 Å². The smallest absolute Gasteiger partial charge is 0.271 e. The van der Waals surface area contributed by atoms with Gasteiger partial charge < -0.3 is 11.1 Å². The lowest BCUT2D eigenvalue weighted by molar-refractivity contribution is 0.0944. The highest BCUT2D eigenvalue weighted by atomic mass is 35.5. The van der Waals surface area contributed by atoms with Crippen molar-refractivity contribution in [1.29, 1.82) is 0 Å². The fourth-order valence-corrected chi connectivity index (χ4v) is 1.88. The normalized spacial score (nSPS) is 10.6. The molecule has 1 amide bonds. The summed E-state index contributed by atoms with van der Waals surface area (Å²) in [5, 5.41) is 11.4. The first-order valence-corrected chi connectivity index (χ1v) is 6.19. The Morgan fingerprint density at radius 2 is 2.26 bits per heavy atom. The quantitative estimate of drug-likeness (QED) is 0.789. The van der Waals surface area contributed by atoms with Gasteiger partial charge in [-0.05, 0) is 6.42 Å². The third-order valence-electron chi connectivity index (χ3n) is 2.63. The molecule has 102 valence electrons. The minimum atomic E-state index is -0.226. The van der Waals surface area contributed by atoms with Gasteiger partial charge in [-0.1, -0.05) is 11.6 Å². The fraction of sp³-hybridized carbons (Fsp3) is 0.364. The minimum absolute atomic E-state index is 0.226. The summed E-state index contributed by atoms with van der Waals surface area (Å²) in [5.41, 5.74) is 6.42. The van der Waals surface area contributed by atoms with E-state index >= 15 is 0 Å². The van der Waals surface area contributed by atoms with Crippen LogP contribution in [-0.2, 0) is 13.6 Å². The molecule has 0 fully saturated rings. The van der Waals surface area contributed by atoms with Crippen molar-refractivity contribution in [2.45, 2.75) is 13.0 Å². The molecule has 0 unspecified atom stereocenters. The Kier molecular flexibility index (Phi) is 4.06. The molecular weight excluding hydrogens is 268 g/mol. The van der Waals surface area contributed by atoms with Crippen LogP contribution < -0.4 is 11.1 Å². The van der Waals surface area contributed by atoms with Crippen molar-refractivity contribution in [3.05, 3.63) is 29.3 Å². The van der Waals surface area contributed by atoms with Crippen molar-refractivity contribution >= 4 is 23.2 Å². The molecule has 0 spiro atoms. The highest BCUT2D eigenvalue weighted by Gasteiger charge is 2.13. The van der Waals surface area contributed by atoms with E-state index in [-0.39, 0.29) is 5.91 Å². The molecular formula is C11H15ClN6O. The molecule has 0 aliphatic heterocycles. The standard InChI is InChI=1S/C11H15ClN6O/c1-17-10(9(13)6-15-17)11(19)14-3-2-4-18-7-8(12)5-16-18/h5-7H,2-4,13H2,1H3,(H,14,19). The van der Waals surface area contributed by atoms with Crippen LogP contribution >= 0.6 is 11.6 Å². The molecule has 19 heavy (non-hydrogen) atoms. The number of halogens is 1. The van der Waals surface area contributed by atoms with E-state index in [2.05, 4.69) is 15.5 Å². The van der Waals surface area contributed by atoms with Crippen LogP contribution in [0.4, 0.5) is 5.69 Å². The Balaban J connectivity index is 1.78. The molecule has 0 radical (unpaired) electrons. The highest BCUT2D eigenvalue weighted by molar-refractivity contribution is 6.30. The maximum Gasteiger partial charge on any atom is 0.271 e. The number of rotatable bonds is 5. The van der Waals surface area contributed by atoms with Crippen LogP contribution in [0.25, 0.3) is 0 Å². The number of hydrogen-bond acceptors (Lipinski definition) is 4. The number of aromatic nitrogens is 4. The van der Waals surface area contributed by atoms with Crippen molar-refractivity contribution in [2.75, 3.05) is 12.3 Å². The van der Waals surface area contributed by atoms with Crippen molar-refractivity contribution in [3.63, 3.8) is 0 Å². The van der Waals surface area contributed by atoms with Gasteiger partial charge in [0.15, 0.2) is 0 Å². The molecule has 7 nitrogen and oxygen atoms in total. The van der Waals surface area contributed by atoms with Gasteiger partial charge in [0.1, 0.15) is 5.69 Å². The first-order chi connectivity index (χ1) is 9.08. The van der Waals surface area contributed by atoms with E-state index < -0.39 is 0 Å². The minimum Gasteiger partial charge on any atom is -0.396 e. The number of hydrogen-bond donors (Lipinski definition) is 2. The Morgan fingerprint density at radius 1 is 1.47 bits per heavy atom. The van der Waals surface area contributed by atoms with E-state index in [0.717, 1.165) is 6.42 Å². The lowest BCUT2D eigenvalue weighted by Gasteiger charge is -2.06. The summed E-state index contributed by atoms with van der Waals surface area (Å²) in [4.78, 5) is 11.9. The second kappa shape index (κ2) is 5.75. The van der Waals surface area contributed by atoms with Crippen molar-refractivity contribution in [1.82, 2.24) is 24.9 Å². The van der Waals surface area contributed by atoms with E-state index in [9.17, 15) is 4.79 Å². The number of carbonyl (C=O) groups is 1. The van der Waals surface area contributed by atoms with Gasteiger partial charge in [-0.2, -0.15) is 10.2 Å². The molecule has 2 aromatic heterocycles. The molecule has 0 atom stereocenters. The molecule has 8 heteroatoms. The number of nitrogens with two attached hydrogens (primary N) is 1. The Morgan fingerprint density at radius 3 is 2.84 bits per heavy atom. The average molecular weight is 283 g/mol. The van der Waals surface area contributed by atoms with Gasteiger partial charge in [-0.3, -0.25) is 14.2 Å². The SMILES string of the molecule is Cn1ncc(N)c1C(=O)NCCCn1cc(Cl)cn1. The van der Waals surface area contributed by atoms with Gasteiger partial charge in [-0.15, -0.1) is 0 Å². The van der Waals surface area contributed by atoms with Gasteiger partial charge in [0.05, 0.1) is 23.1 Å². The largest absolute Gasteiger partial charge is 0.396 e. The number of aryl methyl sites for hydroxylation is 2. The predicted octanol–water partition coefficient (Wildman–Crippen LogP) is 0.672. The van der Waals surface area contributed by atoms with Crippen LogP contribution in [0.2, 0.25) is 5.02 Å². The Labute approximate surface area is 115 Å². The second-order valence-corrected chi connectivity index (χ2v) is 4.54. The van der Waals surface area contributed by atoms with Crippen LogP contribution in [0, 0.1) is 0 Å². The van der Waals surface area contributed by atoms with Gasteiger partial charge in [0.2, 0.25) is 0 Å². The number of amides is 1. The summed E-state index contributed by atoms with van der Waals surface area (Å²) in [7, 11) is 1.68. The monoisotopic (exact) mass is 282 g/mol. The topological polar surface area (TPSA) is 90.8 Å². The summed E-state index contributed by atoms with van der Waals surface area (Å²) in [5.74, 6) is -0.226. The van der Waals surface area contributed by atoms with Gasteiger partial charge in [0, 0.05) is 26.3 Å². The molecule has 0 bridgehead atoms. The van der Waals surface area contributed by atoms with Crippen molar-refractivity contribution in [3.8, 4) is 0 Å². The predicted molar refractivity (Wildman–Crippen MR) is 71.8 cm³/mol. The van der Waals surface area contributed by atoms with Gasteiger partial charge >= 0.3 is 0 Å². The zero-order chi connectivity index (χ0) is 13.8. The first-order valence-electron chi connectivity index (χ1n) is 5.81. The zero-order valence-corrected chi connectivity index (χ0v) is 11.3. The number of nitrogens with zero attached hydrogens (tertiary/aromatic N) is 4. The van der Waals surface area contributed by atoms with Crippen molar-refractivity contribution < 1.29 is 4.79 Å². The van der Waals surface area contributed by atoms with E-state index in [0.29, 0.717) is 29.5 Å². The van der Waals surface area contributed by atoms with E-state index in [1.165, 1.54) is 10.9 Å². The lowest BCUT2D eigenvalue weighted by atomic mass is 10.3. The first kappa shape index (κ1) is 13.4. The van der Waals surface area contributed by atoms with Crippen LogP contribution in [0.1, 0.15) is 16.9 Å². The summed E-state index contributed by atoms with van der Waals surface area (Å²) >= 11 is 5.75. The molecule has 3 N–H and O–H groups in total. The maximum absolute atomic E-state index is 11.9. The molecule has 2 rings (SSSR count). The average Bonchev–Trinajstić information content (AvgIpc) is 2.91. The molecule has 2 heterocycles. The molecule has 0 saturated carbocycles. The second-order valence-electron chi connectivity index (χ2n) is 4.10. The van der Waals surface area contributed by atoms with Gasteiger partial charge in [0.25, 0.3) is 5.91 Å². The third kappa shape index (κ3) is 3.25. The van der Waals surface area contributed by atoms with E-state index in [1.807, 2.05) is 0 Å². The summed E-state index contributed by atoms with van der Waals surface area (Å²) in [6.07, 6.45) is 5.53.